The maximum absolute atomic E-state index is 13.1. The molecular formula is C71H137N2O6P. The van der Waals surface area contributed by atoms with E-state index in [0.717, 1.165) is 64.2 Å². The quantitative estimate of drug-likeness (QED) is 0.0272. The second kappa shape index (κ2) is 62.0. The second-order valence-electron chi connectivity index (χ2n) is 25.2. The van der Waals surface area contributed by atoms with Crippen molar-refractivity contribution in [3.63, 3.8) is 0 Å². The summed E-state index contributed by atoms with van der Waals surface area (Å²) >= 11 is 0. The number of hydrogen-bond donors (Lipinski definition) is 2. The van der Waals surface area contributed by atoms with Crippen LogP contribution in [0.5, 0.6) is 0 Å². The molecule has 0 spiro atoms. The van der Waals surface area contributed by atoms with Crippen LogP contribution in [0.3, 0.4) is 0 Å². The fourth-order valence-electron chi connectivity index (χ4n) is 10.7. The molecule has 3 unspecified atom stereocenters. The van der Waals surface area contributed by atoms with Crippen LogP contribution in [0.2, 0.25) is 0 Å². The molecule has 0 fully saturated rings. The first kappa shape index (κ1) is 78.5. The second-order valence-corrected chi connectivity index (χ2v) is 26.6. The van der Waals surface area contributed by atoms with E-state index in [1.807, 2.05) is 21.1 Å². The summed E-state index contributed by atoms with van der Waals surface area (Å²) in [5, 5.41) is 14.1. The van der Waals surface area contributed by atoms with Gasteiger partial charge in [0.2, 0.25) is 5.91 Å². The smallest absolute Gasteiger partial charge is 0.268 e. The molecule has 0 aromatic rings. The van der Waals surface area contributed by atoms with E-state index in [-0.39, 0.29) is 19.1 Å². The van der Waals surface area contributed by atoms with Crippen molar-refractivity contribution in [3.8, 4) is 0 Å². The normalized spacial score (nSPS) is 13.9. The van der Waals surface area contributed by atoms with Crippen molar-refractivity contribution in [2.75, 3.05) is 40.9 Å². The molecule has 0 bridgehead atoms. The zero-order chi connectivity index (χ0) is 58.4. The highest BCUT2D eigenvalue weighted by molar-refractivity contribution is 7.45. The zero-order valence-corrected chi connectivity index (χ0v) is 54.9. The summed E-state index contributed by atoms with van der Waals surface area (Å²) in [4.78, 5) is 25.7. The van der Waals surface area contributed by atoms with Crippen LogP contribution < -0.4 is 10.2 Å². The highest BCUT2D eigenvalue weighted by Crippen LogP contribution is 2.38. The van der Waals surface area contributed by atoms with Gasteiger partial charge in [-0.05, 0) is 51.4 Å². The van der Waals surface area contributed by atoms with Gasteiger partial charge in [0, 0.05) is 6.42 Å². The maximum atomic E-state index is 13.1. The number of amides is 1. The summed E-state index contributed by atoms with van der Waals surface area (Å²) < 4.78 is 23.5. The summed E-state index contributed by atoms with van der Waals surface area (Å²) in [6, 6.07) is -0.804. The number of carbonyl (C=O) groups excluding carboxylic acids is 1. The summed E-state index contributed by atoms with van der Waals surface area (Å²) in [6.07, 6.45) is 83.3. The first-order valence-corrected chi connectivity index (χ1v) is 36.4. The number of nitrogens with zero attached hydrogens (tertiary/aromatic N) is 1. The molecule has 8 nitrogen and oxygen atoms in total. The Morgan fingerprint density at radius 1 is 0.450 bits per heavy atom. The number of hydrogen-bond acceptors (Lipinski definition) is 6. The molecule has 0 radical (unpaired) electrons. The predicted octanol–water partition coefficient (Wildman–Crippen LogP) is 21.6. The van der Waals surface area contributed by atoms with Crippen LogP contribution >= 0.6 is 7.82 Å². The Balaban J connectivity index is 4.01. The van der Waals surface area contributed by atoms with Crippen LogP contribution in [-0.2, 0) is 18.4 Å². The van der Waals surface area contributed by atoms with E-state index in [9.17, 15) is 19.4 Å². The molecule has 0 saturated heterocycles. The molecule has 0 rings (SSSR count). The topological polar surface area (TPSA) is 108 Å². The number of likely N-dealkylation sites (N-methyl/N-ethyl adjacent to an activating group) is 1. The van der Waals surface area contributed by atoms with E-state index in [2.05, 4.69) is 67.8 Å². The molecule has 80 heavy (non-hydrogen) atoms. The van der Waals surface area contributed by atoms with Gasteiger partial charge < -0.3 is 28.8 Å². The van der Waals surface area contributed by atoms with Crippen molar-refractivity contribution in [3.05, 3.63) is 48.6 Å². The molecule has 9 heteroatoms. The number of phosphoric acid groups is 1. The van der Waals surface area contributed by atoms with Gasteiger partial charge in [0.25, 0.3) is 7.82 Å². The van der Waals surface area contributed by atoms with Crippen LogP contribution in [0, 0.1) is 0 Å². The van der Waals surface area contributed by atoms with E-state index in [1.54, 1.807) is 0 Å². The fraction of sp³-hybridized carbons (Fsp3) is 0.873. The van der Waals surface area contributed by atoms with Crippen molar-refractivity contribution < 1.29 is 32.9 Å². The lowest BCUT2D eigenvalue weighted by Gasteiger charge is -2.30. The van der Waals surface area contributed by atoms with Crippen molar-refractivity contribution in [2.45, 2.75) is 360 Å². The molecule has 0 aliphatic carbocycles. The molecule has 0 aromatic carbocycles. The minimum absolute atomic E-state index is 0.0124. The molecule has 3 atom stereocenters. The lowest BCUT2D eigenvalue weighted by molar-refractivity contribution is -0.870. The third-order valence-corrected chi connectivity index (χ3v) is 17.0. The van der Waals surface area contributed by atoms with Gasteiger partial charge in [-0.25, -0.2) is 0 Å². The standard InChI is InChI=1S/C71H137N2O6P/c1-6-8-10-12-14-16-18-20-22-24-26-28-30-32-34-35-36-37-39-40-42-44-46-48-50-52-54-56-58-60-62-64-70(74)69(68-79-80(76,77)78-67-66-73(3,4)5)72-71(75)65-63-61-59-57-55-53-51-49-47-45-43-41-38-33-31-29-27-25-23-21-19-17-15-13-11-9-7-2/h9,11,15,17,21,23,27,29,69-70,74H,6-8,10,12-14,16,18-20,22,24-26,28,30-68H2,1-5H3,(H-,72,75,76,77)/b11-9-,17-15-,23-21-,29-27-. The zero-order valence-electron chi connectivity index (χ0n) is 54.0. The Kier molecular flexibility index (Phi) is 60.8. The number of allylic oxidation sites excluding steroid dienone is 8. The van der Waals surface area contributed by atoms with Gasteiger partial charge in [-0.15, -0.1) is 0 Å². The van der Waals surface area contributed by atoms with Gasteiger partial charge in [0.15, 0.2) is 0 Å². The number of phosphoric ester groups is 1. The van der Waals surface area contributed by atoms with Gasteiger partial charge in [0.1, 0.15) is 13.2 Å². The lowest BCUT2D eigenvalue weighted by Crippen LogP contribution is -2.46. The van der Waals surface area contributed by atoms with Gasteiger partial charge >= 0.3 is 0 Å². The summed E-state index contributed by atoms with van der Waals surface area (Å²) in [5.74, 6) is -0.161. The minimum atomic E-state index is -4.58. The number of nitrogens with one attached hydrogen (secondary N) is 1. The fourth-order valence-corrected chi connectivity index (χ4v) is 11.4. The Bertz CT molecular complexity index is 1440. The average Bonchev–Trinajstić information content (AvgIpc) is 3.42. The van der Waals surface area contributed by atoms with Gasteiger partial charge in [-0.1, -0.05) is 339 Å². The van der Waals surface area contributed by atoms with Crippen LogP contribution in [0.4, 0.5) is 0 Å². The van der Waals surface area contributed by atoms with E-state index < -0.39 is 20.0 Å². The highest BCUT2D eigenvalue weighted by Gasteiger charge is 2.24. The Hall–Kier alpha value is -1.54. The van der Waals surface area contributed by atoms with Crippen molar-refractivity contribution in [1.29, 1.82) is 0 Å². The monoisotopic (exact) mass is 1150 g/mol. The third-order valence-electron chi connectivity index (χ3n) is 16.1. The molecule has 0 aliphatic heterocycles. The van der Waals surface area contributed by atoms with Crippen LogP contribution in [0.1, 0.15) is 348 Å². The van der Waals surface area contributed by atoms with Crippen molar-refractivity contribution >= 4 is 13.7 Å². The van der Waals surface area contributed by atoms with E-state index in [4.69, 9.17) is 9.05 Å². The molecule has 0 saturated carbocycles. The van der Waals surface area contributed by atoms with Crippen LogP contribution in [0.25, 0.3) is 0 Å². The molecule has 0 aromatic heterocycles. The first-order valence-electron chi connectivity index (χ1n) is 35.0. The van der Waals surface area contributed by atoms with Gasteiger partial charge in [0.05, 0.1) is 39.9 Å². The number of quaternary nitrogens is 1. The number of rotatable bonds is 65. The molecule has 472 valence electrons. The van der Waals surface area contributed by atoms with E-state index >= 15 is 0 Å². The maximum Gasteiger partial charge on any atom is 0.268 e. The summed E-state index contributed by atoms with van der Waals surface area (Å²) in [6.45, 7) is 4.66. The number of aliphatic hydroxyl groups excluding tert-OH is 1. The average molecular weight is 1150 g/mol. The van der Waals surface area contributed by atoms with E-state index in [0.29, 0.717) is 23.9 Å². The van der Waals surface area contributed by atoms with Gasteiger partial charge in [-0.3, -0.25) is 9.36 Å². The third kappa shape index (κ3) is 64.0. The van der Waals surface area contributed by atoms with Crippen molar-refractivity contribution in [2.24, 2.45) is 0 Å². The minimum Gasteiger partial charge on any atom is -0.756 e. The Morgan fingerprint density at radius 2 is 0.762 bits per heavy atom. The molecule has 0 aliphatic rings. The van der Waals surface area contributed by atoms with Crippen LogP contribution in [-0.4, -0.2) is 68.5 Å². The predicted molar refractivity (Wildman–Crippen MR) is 348 cm³/mol. The van der Waals surface area contributed by atoms with E-state index in [1.165, 1.54) is 257 Å². The SMILES string of the molecule is CC/C=C\C/C=C\C/C=C\C/C=C\CCCCCCCCCCCCCCCCC(=O)NC(COP(=O)([O-])OCC[N+](C)(C)C)C(O)CCCCCCCCCCCCCCCCCCCCCCCCCCCCCCCCC. The summed E-state index contributed by atoms with van der Waals surface area (Å²) in [7, 11) is 1.32. The number of aliphatic hydroxyl groups is 1. The first-order chi connectivity index (χ1) is 39.0. The lowest BCUT2D eigenvalue weighted by atomic mass is 10.0. The Morgan fingerprint density at radius 3 is 1.11 bits per heavy atom. The molecule has 2 N–H and O–H groups in total. The molecule has 1 amide bonds. The number of unbranched alkanes of at least 4 members (excludes halogenated alkanes) is 44. The Labute approximate surface area is 499 Å². The van der Waals surface area contributed by atoms with Crippen LogP contribution in [0.15, 0.2) is 48.6 Å². The van der Waals surface area contributed by atoms with Crippen molar-refractivity contribution in [1.82, 2.24) is 5.32 Å². The highest BCUT2D eigenvalue weighted by atomic mass is 31.2. The molecular weight excluding hydrogens is 1010 g/mol. The number of carbonyl (C=O) groups is 1. The summed E-state index contributed by atoms with van der Waals surface area (Å²) in [5.41, 5.74) is 0. The molecule has 0 heterocycles. The van der Waals surface area contributed by atoms with Gasteiger partial charge in [-0.2, -0.15) is 0 Å². The largest absolute Gasteiger partial charge is 0.756 e.